The fraction of sp³-hybridized carbons (Fsp3) is 0.174. The van der Waals surface area contributed by atoms with Crippen LogP contribution >= 0.6 is 0 Å². The lowest BCUT2D eigenvalue weighted by Gasteiger charge is -2.06. The van der Waals surface area contributed by atoms with Crippen molar-refractivity contribution in [2.24, 2.45) is 0 Å². The summed E-state index contributed by atoms with van der Waals surface area (Å²) < 4.78 is 32.7. The fourth-order valence-corrected chi connectivity index (χ4v) is 2.32. The van der Waals surface area contributed by atoms with Gasteiger partial charge in [0.25, 0.3) is 0 Å². The number of hydrogen-bond donors (Lipinski definition) is 1. The van der Waals surface area contributed by atoms with E-state index in [9.17, 15) is 13.6 Å². The zero-order valence-corrected chi connectivity index (χ0v) is 17.2. The molecule has 0 fully saturated rings. The summed E-state index contributed by atoms with van der Waals surface area (Å²) in [5.74, 6) is 1.37. The number of aldehydes is 1. The van der Waals surface area contributed by atoms with E-state index in [-0.39, 0.29) is 5.75 Å². The van der Waals surface area contributed by atoms with Gasteiger partial charge in [0.15, 0.2) is 0 Å². The monoisotopic (exact) mass is 427 g/mol. The molecule has 2 aromatic heterocycles. The Bertz CT molecular complexity index is 1040. The van der Waals surface area contributed by atoms with Gasteiger partial charge in [-0.15, -0.1) is 0 Å². The molecule has 0 aliphatic carbocycles. The molecule has 8 heteroatoms. The summed E-state index contributed by atoms with van der Waals surface area (Å²) in [7, 11) is 1.83. The number of ether oxygens (including phenoxy) is 2. The highest BCUT2D eigenvalue weighted by Gasteiger charge is 2.04. The molecule has 0 radical (unpaired) electrons. The highest BCUT2D eigenvalue weighted by atomic mass is 19.3. The Morgan fingerprint density at radius 2 is 1.97 bits per heavy atom. The van der Waals surface area contributed by atoms with E-state index < -0.39 is 6.61 Å². The van der Waals surface area contributed by atoms with E-state index in [0.717, 1.165) is 28.8 Å². The van der Waals surface area contributed by atoms with Crippen molar-refractivity contribution in [3.05, 3.63) is 78.8 Å². The quantitative estimate of drug-likeness (QED) is 0.368. The smallest absolute Gasteiger partial charge is 0.387 e. The second kappa shape index (κ2) is 12.0. The molecule has 0 saturated carbocycles. The summed E-state index contributed by atoms with van der Waals surface area (Å²) in [4.78, 5) is 18.9. The first-order valence-electron chi connectivity index (χ1n) is 9.42. The number of halogens is 2. The van der Waals surface area contributed by atoms with E-state index in [1.807, 2.05) is 38.2 Å². The van der Waals surface area contributed by atoms with Crippen molar-refractivity contribution in [2.45, 2.75) is 20.0 Å². The van der Waals surface area contributed by atoms with E-state index in [2.05, 4.69) is 26.6 Å². The van der Waals surface area contributed by atoms with Crippen LogP contribution in [0.5, 0.6) is 5.75 Å². The van der Waals surface area contributed by atoms with Crippen LogP contribution in [0.2, 0.25) is 0 Å². The summed E-state index contributed by atoms with van der Waals surface area (Å²) in [6.07, 6.45) is 6.91. The lowest BCUT2D eigenvalue weighted by atomic mass is 10.2. The minimum Gasteiger partial charge on any atom is -0.464 e. The molecular formula is C23H23F2N3O3. The van der Waals surface area contributed by atoms with Crippen LogP contribution in [0.1, 0.15) is 29.4 Å². The molecular weight excluding hydrogens is 404 g/mol. The van der Waals surface area contributed by atoms with Gasteiger partial charge >= 0.3 is 6.61 Å². The summed E-state index contributed by atoms with van der Waals surface area (Å²) in [5.41, 5.74) is 2.01. The molecule has 1 aromatic carbocycles. The predicted molar refractivity (Wildman–Crippen MR) is 117 cm³/mol. The number of nitrogens with zero attached hydrogens (tertiary/aromatic N) is 2. The Balaban J connectivity index is 0.000000245. The van der Waals surface area contributed by atoms with Crippen molar-refractivity contribution < 1.29 is 23.0 Å². The first kappa shape index (κ1) is 23.5. The normalized spacial score (nSPS) is 10.5. The SMILES string of the molecule is C=C(O/C=C/CC)c1ccc2cnc(NC)cc2n1.O=Cc1ccc(OC(F)F)cc1. The number of benzene rings is 1. The molecule has 0 bridgehead atoms. The van der Waals surface area contributed by atoms with Crippen LogP contribution in [-0.4, -0.2) is 29.9 Å². The second-order valence-corrected chi connectivity index (χ2v) is 6.10. The van der Waals surface area contributed by atoms with E-state index in [1.165, 1.54) is 24.3 Å². The van der Waals surface area contributed by atoms with Gasteiger partial charge in [0.2, 0.25) is 0 Å². The van der Waals surface area contributed by atoms with Crippen molar-refractivity contribution in [3.8, 4) is 5.75 Å². The first-order chi connectivity index (χ1) is 15.0. The number of allylic oxidation sites excluding steroid dienone is 1. The minimum absolute atomic E-state index is 0.0515. The summed E-state index contributed by atoms with van der Waals surface area (Å²) in [6, 6.07) is 11.2. The van der Waals surface area contributed by atoms with Crippen LogP contribution in [0.25, 0.3) is 16.7 Å². The number of anilines is 1. The standard InChI is InChI=1S/C15H17N3O.C8H6F2O2/c1-4-5-8-19-11(2)13-7-6-12-10-17-15(16-3)9-14(12)18-13;9-8(10)12-7-3-1-6(5-11)2-4-7/h5-10H,2,4H2,1,3H3,(H,16,17);1-5,8H/b8-5+;. The summed E-state index contributed by atoms with van der Waals surface area (Å²) in [5, 5.41) is 3.98. The molecule has 31 heavy (non-hydrogen) atoms. The largest absolute Gasteiger partial charge is 0.464 e. The van der Waals surface area contributed by atoms with Crippen LogP contribution in [-0.2, 0) is 4.74 Å². The Hall–Kier alpha value is -3.81. The third-order valence-corrected chi connectivity index (χ3v) is 3.90. The molecule has 0 atom stereocenters. The average molecular weight is 427 g/mol. The number of hydrogen-bond acceptors (Lipinski definition) is 6. The molecule has 0 amide bonds. The Labute approximate surface area is 179 Å². The minimum atomic E-state index is -2.83. The average Bonchev–Trinajstić information content (AvgIpc) is 2.79. The Morgan fingerprint density at radius 1 is 1.23 bits per heavy atom. The Kier molecular flexibility index (Phi) is 9.10. The maximum atomic E-state index is 11.6. The zero-order valence-electron chi connectivity index (χ0n) is 17.2. The van der Waals surface area contributed by atoms with E-state index >= 15 is 0 Å². The molecule has 0 aliphatic rings. The molecule has 6 nitrogen and oxygen atoms in total. The van der Waals surface area contributed by atoms with Gasteiger partial charge in [0.05, 0.1) is 11.8 Å². The molecule has 3 rings (SSSR count). The topological polar surface area (TPSA) is 73.3 Å². The maximum Gasteiger partial charge on any atom is 0.387 e. The number of rotatable bonds is 8. The number of nitrogens with one attached hydrogen (secondary N) is 1. The molecule has 0 saturated heterocycles. The van der Waals surface area contributed by atoms with E-state index in [4.69, 9.17) is 4.74 Å². The number of carbonyl (C=O) groups is 1. The van der Waals surface area contributed by atoms with Gasteiger partial charge in [-0.25, -0.2) is 9.97 Å². The molecule has 0 spiro atoms. The summed E-state index contributed by atoms with van der Waals surface area (Å²) >= 11 is 0. The van der Waals surface area contributed by atoms with Gasteiger partial charge in [-0.3, -0.25) is 4.79 Å². The van der Waals surface area contributed by atoms with Gasteiger partial charge in [-0.1, -0.05) is 13.5 Å². The van der Waals surface area contributed by atoms with Crippen LogP contribution in [0, 0.1) is 0 Å². The lowest BCUT2D eigenvalue weighted by Crippen LogP contribution is -2.01. The van der Waals surface area contributed by atoms with Crippen LogP contribution in [0.3, 0.4) is 0 Å². The fourth-order valence-electron chi connectivity index (χ4n) is 2.32. The highest BCUT2D eigenvalue weighted by Crippen LogP contribution is 2.19. The highest BCUT2D eigenvalue weighted by molar-refractivity contribution is 5.81. The zero-order chi connectivity index (χ0) is 22.6. The van der Waals surface area contributed by atoms with Crippen LogP contribution in [0.4, 0.5) is 14.6 Å². The molecule has 0 aliphatic heterocycles. The molecule has 162 valence electrons. The van der Waals surface area contributed by atoms with Gasteiger partial charge in [0, 0.05) is 30.3 Å². The number of aromatic nitrogens is 2. The van der Waals surface area contributed by atoms with Gasteiger partial charge in [-0.05, 0) is 48.9 Å². The van der Waals surface area contributed by atoms with Gasteiger partial charge in [0.1, 0.15) is 29.3 Å². The first-order valence-corrected chi connectivity index (χ1v) is 9.42. The van der Waals surface area contributed by atoms with Gasteiger partial charge < -0.3 is 14.8 Å². The predicted octanol–water partition coefficient (Wildman–Crippen LogP) is 5.68. The Morgan fingerprint density at radius 3 is 2.58 bits per heavy atom. The van der Waals surface area contributed by atoms with Crippen molar-refractivity contribution in [1.29, 1.82) is 0 Å². The molecule has 0 unspecified atom stereocenters. The molecule has 3 aromatic rings. The molecule has 1 N–H and O–H groups in total. The lowest BCUT2D eigenvalue weighted by molar-refractivity contribution is -0.0498. The van der Waals surface area contributed by atoms with Crippen molar-refractivity contribution in [2.75, 3.05) is 12.4 Å². The third kappa shape index (κ3) is 7.50. The van der Waals surface area contributed by atoms with Crippen molar-refractivity contribution >= 4 is 28.8 Å². The number of pyridine rings is 2. The van der Waals surface area contributed by atoms with Gasteiger partial charge in [-0.2, -0.15) is 8.78 Å². The van der Waals surface area contributed by atoms with Crippen LogP contribution in [0.15, 0.2) is 67.6 Å². The van der Waals surface area contributed by atoms with Crippen molar-refractivity contribution in [1.82, 2.24) is 9.97 Å². The second-order valence-electron chi connectivity index (χ2n) is 6.10. The maximum absolute atomic E-state index is 11.6. The molecule has 2 heterocycles. The third-order valence-electron chi connectivity index (χ3n) is 3.90. The van der Waals surface area contributed by atoms with E-state index in [0.29, 0.717) is 17.6 Å². The number of alkyl halides is 2. The summed E-state index contributed by atoms with van der Waals surface area (Å²) in [6.45, 7) is 3.10. The number of carbonyl (C=O) groups excluding carboxylic acids is 1. The number of fused-ring (bicyclic) bond motifs is 1. The van der Waals surface area contributed by atoms with Crippen LogP contribution < -0.4 is 10.1 Å². The van der Waals surface area contributed by atoms with Crippen molar-refractivity contribution in [3.63, 3.8) is 0 Å². The van der Waals surface area contributed by atoms with E-state index in [1.54, 1.807) is 12.5 Å².